The van der Waals surface area contributed by atoms with Crippen LogP contribution in [0.3, 0.4) is 0 Å². The number of likely N-dealkylation sites (N-methyl/N-ethyl adjacent to an activating group) is 1. The minimum atomic E-state index is 0.577. The molecule has 1 atom stereocenters. The Hall–Kier alpha value is -1.26. The quantitative estimate of drug-likeness (QED) is 0.934. The molecule has 0 radical (unpaired) electrons. The van der Waals surface area contributed by atoms with E-state index < -0.39 is 0 Å². The lowest BCUT2D eigenvalue weighted by molar-refractivity contribution is 0.509. The fourth-order valence-electron chi connectivity index (χ4n) is 2.80. The summed E-state index contributed by atoms with van der Waals surface area (Å²) in [5.41, 5.74) is 3.40. The maximum absolute atomic E-state index is 4.91. The first kappa shape index (κ1) is 13.7. The summed E-state index contributed by atoms with van der Waals surface area (Å²) >= 11 is 1.83. The number of hydrogen-bond donors (Lipinski definition) is 1. The van der Waals surface area contributed by atoms with Gasteiger partial charge in [0.25, 0.3) is 0 Å². The highest BCUT2D eigenvalue weighted by atomic mass is 32.1. The second-order valence-electron chi connectivity index (χ2n) is 5.39. The van der Waals surface area contributed by atoms with Crippen molar-refractivity contribution in [3.05, 3.63) is 34.5 Å². The molecule has 0 saturated heterocycles. The van der Waals surface area contributed by atoms with Crippen LogP contribution >= 0.6 is 11.3 Å². The molecule has 0 bridgehead atoms. The van der Waals surface area contributed by atoms with E-state index >= 15 is 0 Å². The van der Waals surface area contributed by atoms with Crippen molar-refractivity contribution in [1.82, 2.24) is 15.3 Å². The van der Waals surface area contributed by atoms with Crippen LogP contribution in [0.1, 0.15) is 41.9 Å². The molecular formula is C16H21N3S. The Bertz CT molecular complexity index is 591. The number of rotatable bonds is 4. The Labute approximate surface area is 124 Å². The summed E-state index contributed by atoms with van der Waals surface area (Å²) in [6.45, 7) is 6.27. The molecule has 0 spiro atoms. The van der Waals surface area contributed by atoms with Crippen molar-refractivity contribution in [2.24, 2.45) is 0 Å². The van der Waals surface area contributed by atoms with Crippen molar-refractivity contribution in [3.63, 3.8) is 0 Å². The van der Waals surface area contributed by atoms with Gasteiger partial charge in [-0.1, -0.05) is 13.0 Å². The highest BCUT2D eigenvalue weighted by Gasteiger charge is 2.24. The summed E-state index contributed by atoms with van der Waals surface area (Å²) in [4.78, 5) is 11.0. The molecule has 0 aliphatic heterocycles. The zero-order chi connectivity index (χ0) is 13.9. The van der Waals surface area contributed by atoms with Gasteiger partial charge in [0.1, 0.15) is 5.01 Å². The van der Waals surface area contributed by atoms with Crippen LogP contribution in [0.25, 0.3) is 10.7 Å². The van der Waals surface area contributed by atoms with E-state index in [1.807, 2.05) is 24.3 Å². The molecule has 106 valence electrons. The predicted molar refractivity (Wildman–Crippen MR) is 84.3 cm³/mol. The van der Waals surface area contributed by atoms with Gasteiger partial charge >= 0.3 is 0 Å². The van der Waals surface area contributed by atoms with E-state index in [1.165, 1.54) is 29.8 Å². The van der Waals surface area contributed by atoms with Gasteiger partial charge in [-0.25, -0.2) is 4.98 Å². The number of hydrogen-bond acceptors (Lipinski definition) is 4. The third-order valence-electron chi connectivity index (χ3n) is 3.82. The summed E-state index contributed by atoms with van der Waals surface area (Å²) in [6, 6.07) is 6.16. The number of aromatic nitrogens is 2. The number of nitrogens with zero attached hydrogens (tertiary/aromatic N) is 2. The van der Waals surface area contributed by atoms with Crippen LogP contribution in [0.2, 0.25) is 0 Å². The van der Waals surface area contributed by atoms with E-state index in [9.17, 15) is 0 Å². The third-order valence-corrected chi connectivity index (χ3v) is 4.97. The Morgan fingerprint density at radius 2 is 2.25 bits per heavy atom. The number of fused-ring (bicyclic) bond motifs is 1. The average Bonchev–Trinajstić information content (AvgIpc) is 2.89. The Balaban J connectivity index is 1.91. The third kappa shape index (κ3) is 2.76. The minimum Gasteiger partial charge on any atom is -0.316 e. The first-order valence-corrected chi connectivity index (χ1v) is 8.24. The molecule has 2 heterocycles. The molecule has 4 heteroatoms. The van der Waals surface area contributed by atoms with E-state index in [0.29, 0.717) is 5.92 Å². The fourth-order valence-corrected chi connectivity index (χ4v) is 3.96. The van der Waals surface area contributed by atoms with Crippen LogP contribution in [0.5, 0.6) is 0 Å². The van der Waals surface area contributed by atoms with Crippen LogP contribution in [0.15, 0.2) is 18.2 Å². The lowest BCUT2D eigenvalue weighted by atomic mass is 9.91. The first-order valence-electron chi connectivity index (χ1n) is 7.42. The summed E-state index contributed by atoms with van der Waals surface area (Å²) in [5, 5.41) is 4.55. The largest absolute Gasteiger partial charge is 0.316 e. The standard InChI is InChI=1S/C16H21N3S/c1-3-17-10-12-7-5-9-14-15(12)19-16(20-14)13-8-4-6-11(2)18-13/h4,6,8,12,17H,3,5,7,9-10H2,1-2H3. The second kappa shape index (κ2) is 6.02. The van der Waals surface area contributed by atoms with Crippen molar-refractivity contribution in [2.75, 3.05) is 13.1 Å². The lowest BCUT2D eigenvalue weighted by Crippen LogP contribution is -2.23. The summed E-state index contributed by atoms with van der Waals surface area (Å²) in [6.07, 6.45) is 3.72. The summed E-state index contributed by atoms with van der Waals surface area (Å²) < 4.78 is 0. The molecule has 1 N–H and O–H groups in total. The van der Waals surface area contributed by atoms with Gasteiger partial charge in [0.05, 0.1) is 11.4 Å². The topological polar surface area (TPSA) is 37.8 Å². The second-order valence-corrected chi connectivity index (χ2v) is 6.47. The fraction of sp³-hybridized carbons (Fsp3) is 0.500. The van der Waals surface area contributed by atoms with Gasteiger partial charge < -0.3 is 5.32 Å². The summed E-state index contributed by atoms with van der Waals surface area (Å²) in [7, 11) is 0. The van der Waals surface area contributed by atoms with Crippen LogP contribution in [0.4, 0.5) is 0 Å². The van der Waals surface area contributed by atoms with Crippen LogP contribution < -0.4 is 5.32 Å². The zero-order valence-electron chi connectivity index (χ0n) is 12.1. The van der Waals surface area contributed by atoms with E-state index in [1.54, 1.807) is 0 Å². The molecule has 0 aromatic carbocycles. The number of thiazole rings is 1. The van der Waals surface area contributed by atoms with Gasteiger partial charge in [0.2, 0.25) is 0 Å². The van der Waals surface area contributed by atoms with Crippen molar-refractivity contribution in [1.29, 1.82) is 0 Å². The Morgan fingerprint density at radius 1 is 1.35 bits per heavy atom. The normalized spacial score (nSPS) is 18.0. The SMILES string of the molecule is CCNCC1CCCc2sc(-c3cccc(C)n3)nc21. The van der Waals surface area contributed by atoms with E-state index in [4.69, 9.17) is 4.98 Å². The van der Waals surface area contributed by atoms with Crippen molar-refractivity contribution in [2.45, 2.75) is 39.0 Å². The minimum absolute atomic E-state index is 0.577. The molecule has 3 nitrogen and oxygen atoms in total. The van der Waals surface area contributed by atoms with Gasteiger partial charge in [-0.3, -0.25) is 4.98 Å². The average molecular weight is 287 g/mol. The van der Waals surface area contributed by atoms with Crippen LogP contribution in [0, 0.1) is 6.92 Å². The molecule has 2 aromatic heterocycles. The molecule has 1 unspecified atom stereocenters. The van der Waals surface area contributed by atoms with E-state index in [0.717, 1.165) is 29.5 Å². The van der Waals surface area contributed by atoms with Gasteiger partial charge in [-0.15, -0.1) is 11.3 Å². The van der Waals surface area contributed by atoms with Crippen LogP contribution in [-0.4, -0.2) is 23.1 Å². The van der Waals surface area contributed by atoms with E-state index in [2.05, 4.69) is 29.4 Å². The molecule has 20 heavy (non-hydrogen) atoms. The molecule has 2 aromatic rings. The first-order chi connectivity index (χ1) is 9.78. The molecule has 3 rings (SSSR count). The molecule has 1 aliphatic carbocycles. The van der Waals surface area contributed by atoms with Crippen molar-refractivity contribution < 1.29 is 0 Å². The van der Waals surface area contributed by atoms with E-state index in [-0.39, 0.29) is 0 Å². The van der Waals surface area contributed by atoms with Crippen molar-refractivity contribution >= 4 is 11.3 Å². The molecular weight excluding hydrogens is 266 g/mol. The molecule has 1 aliphatic rings. The molecule has 0 saturated carbocycles. The Morgan fingerprint density at radius 3 is 3.05 bits per heavy atom. The van der Waals surface area contributed by atoms with Gasteiger partial charge in [0, 0.05) is 23.0 Å². The van der Waals surface area contributed by atoms with Gasteiger partial charge in [0.15, 0.2) is 0 Å². The maximum atomic E-state index is 4.91. The predicted octanol–water partition coefficient (Wildman–Crippen LogP) is 3.54. The maximum Gasteiger partial charge on any atom is 0.142 e. The van der Waals surface area contributed by atoms with Crippen molar-refractivity contribution in [3.8, 4) is 10.7 Å². The zero-order valence-corrected chi connectivity index (χ0v) is 13.0. The Kier molecular flexibility index (Phi) is 4.13. The monoisotopic (exact) mass is 287 g/mol. The lowest BCUT2D eigenvalue weighted by Gasteiger charge is -2.21. The highest BCUT2D eigenvalue weighted by molar-refractivity contribution is 7.15. The number of aryl methyl sites for hydroxylation is 2. The highest BCUT2D eigenvalue weighted by Crippen LogP contribution is 2.37. The van der Waals surface area contributed by atoms with Gasteiger partial charge in [-0.2, -0.15) is 0 Å². The molecule has 0 amide bonds. The number of nitrogens with one attached hydrogen (secondary N) is 1. The smallest absolute Gasteiger partial charge is 0.142 e. The van der Waals surface area contributed by atoms with Crippen LogP contribution in [-0.2, 0) is 6.42 Å². The molecule has 0 fully saturated rings. The number of pyridine rings is 1. The summed E-state index contributed by atoms with van der Waals surface area (Å²) in [5.74, 6) is 0.577. The van der Waals surface area contributed by atoms with Gasteiger partial charge in [-0.05, 0) is 44.9 Å².